The van der Waals surface area contributed by atoms with E-state index >= 15 is 0 Å². The van der Waals surface area contributed by atoms with Crippen LogP contribution in [0.25, 0.3) is 0 Å². The second kappa shape index (κ2) is 14.8. The molecule has 15 nitrogen and oxygen atoms in total. The third-order valence-electron chi connectivity index (χ3n) is 11.1. The largest absolute Gasteiger partial charge is 0.493 e. The first-order valence-electron chi connectivity index (χ1n) is 17.7. The Bertz CT molecular complexity index is 1560. The maximum atomic E-state index is 14.0. The first-order valence-corrected chi connectivity index (χ1v) is 17.7. The van der Waals surface area contributed by atoms with E-state index in [0.29, 0.717) is 42.9 Å². The summed E-state index contributed by atoms with van der Waals surface area (Å²) in [6.45, 7) is 2.94. The van der Waals surface area contributed by atoms with Crippen LogP contribution in [0.2, 0.25) is 0 Å². The van der Waals surface area contributed by atoms with Crippen molar-refractivity contribution in [1.29, 1.82) is 0 Å². The standard InChI is InChI=1S/C35H50N8O7/c1-20(44)39-19-28(45)41-24(8-6-14-38-33(36)37)32(46)40-18-22-7-4-5-15-43(22)34(47)49-27-12-10-23-25-17-21-9-11-26(48-3)30-29(21)35(23,31(27)50-30)13-16-42(25)2/h9,11-12,22-25,31H,4-8,10,13-19H2,1-3H3,(H,39,44)(H,40,46)(H,41,45)(H4,36,37,38)/t22?,23-,24-,25+,31-,35-/m0/s1. The topological polar surface area (TPSA) is 203 Å². The van der Waals surface area contributed by atoms with Gasteiger partial charge in [-0.25, -0.2) is 4.79 Å². The van der Waals surface area contributed by atoms with Crippen molar-refractivity contribution in [2.24, 2.45) is 22.4 Å². The summed E-state index contributed by atoms with van der Waals surface area (Å²) in [6.07, 6.45) is 6.87. The lowest BCUT2D eigenvalue weighted by Crippen LogP contribution is -2.63. The highest BCUT2D eigenvalue weighted by Gasteiger charge is 2.65. The number of benzene rings is 1. The molecular formula is C35H50N8O7. The molecule has 0 radical (unpaired) electrons. The monoisotopic (exact) mass is 694 g/mol. The van der Waals surface area contributed by atoms with Gasteiger partial charge in [0.15, 0.2) is 23.6 Å². The van der Waals surface area contributed by atoms with Gasteiger partial charge in [-0.1, -0.05) is 6.07 Å². The SMILES string of the molecule is COc1ccc2c3c1O[C@H]1C(OC(=O)N4CCCCC4CNC(=O)[C@H](CCCN=C(N)N)NC(=O)CNC(C)=O)=CC[C@H]4[C@@H](C2)N(C)CC[C@]314. The number of likely N-dealkylation sites (N-methyl/N-ethyl adjacent to an activating group) is 1. The minimum atomic E-state index is -0.883. The highest BCUT2D eigenvalue weighted by Crippen LogP contribution is 2.63. The van der Waals surface area contributed by atoms with Crippen LogP contribution in [0.3, 0.4) is 0 Å². The van der Waals surface area contributed by atoms with E-state index in [1.165, 1.54) is 18.1 Å². The van der Waals surface area contributed by atoms with E-state index in [-0.39, 0.29) is 49.4 Å². The number of hydrogen-bond donors (Lipinski definition) is 5. The average molecular weight is 695 g/mol. The number of amides is 4. The van der Waals surface area contributed by atoms with Gasteiger partial charge in [-0.05, 0) is 88.6 Å². The van der Waals surface area contributed by atoms with Gasteiger partial charge in [-0.15, -0.1) is 0 Å². The van der Waals surface area contributed by atoms with E-state index in [2.05, 4.69) is 39.0 Å². The van der Waals surface area contributed by atoms with Crippen molar-refractivity contribution in [1.82, 2.24) is 25.8 Å². The second-order valence-corrected chi connectivity index (χ2v) is 14.1. The molecule has 6 atom stereocenters. The third kappa shape index (κ3) is 6.79. The molecule has 1 spiro atoms. The Kier molecular flexibility index (Phi) is 10.4. The van der Waals surface area contributed by atoms with Gasteiger partial charge in [-0.3, -0.25) is 19.4 Å². The number of carbonyl (C=O) groups excluding carboxylic acids is 4. The Hall–Kier alpha value is -4.53. The number of methoxy groups -OCH3 is 1. The number of ether oxygens (including phenoxy) is 3. The molecule has 2 aliphatic carbocycles. The summed E-state index contributed by atoms with van der Waals surface area (Å²) in [6, 6.07) is 3.32. The summed E-state index contributed by atoms with van der Waals surface area (Å²) in [5.41, 5.74) is 13.0. The smallest absolute Gasteiger partial charge is 0.415 e. The van der Waals surface area contributed by atoms with E-state index in [1.807, 2.05) is 12.1 Å². The molecule has 2 bridgehead atoms. The molecule has 2 saturated heterocycles. The molecule has 272 valence electrons. The van der Waals surface area contributed by atoms with Crippen molar-refractivity contribution in [3.8, 4) is 11.5 Å². The summed E-state index contributed by atoms with van der Waals surface area (Å²) in [7, 11) is 3.85. The molecule has 7 N–H and O–H groups in total. The van der Waals surface area contributed by atoms with E-state index < -0.39 is 30.1 Å². The number of nitrogens with two attached hydrogens (primary N) is 2. The van der Waals surface area contributed by atoms with E-state index in [1.54, 1.807) is 12.0 Å². The molecular weight excluding hydrogens is 644 g/mol. The van der Waals surface area contributed by atoms with E-state index in [9.17, 15) is 19.2 Å². The third-order valence-corrected chi connectivity index (χ3v) is 11.1. The number of rotatable bonds is 12. The summed E-state index contributed by atoms with van der Waals surface area (Å²) in [5.74, 6) is 1.02. The number of aliphatic imine (C=N–C) groups is 1. The predicted octanol–water partition coefficient (Wildman–Crippen LogP) is 0.640. The number of carbonyl (C=O) groups is 4. The van der Waals surface area contributed by atoms with Crippen molar-refractivity contribution < 1.29 is 33.4 Å². The molecule has 2 fully saturated rings. The zero-order valence-corrected chi connectivity index (χ0v) is 29.2. The molecule has 3 heterocycles. The molecule has 5 aliphatic rings. The molecule has 1 aromatic carbocycles. The lowest BCUT2D eigenvalue weighted by molar-refractivity contribution is -0.129. The van der Waals surface area contributed by atoms with Gasteiger partial charge in [0.2, 0.25) is 17.7 Å². The fourth-order valence-electron chi connectivity index (χ4n) is 8.74. The number of piperidine rings is 2. The van der Waals surface area contributed by atoms with Crippen molar-refractivity contribution in [2.45, 2.75) is 87.9 Å². The summed E-state index contributed by atoms with van der Waals surface area (Å²) < 4.78 is 18.8. The van der Waals surface area contributed by atoms with Gasteiger partial charge < -0.3 is 51.4 Å². The minimum Gasteiger partial charge on any atom is -0.493 e. The van der Waals surface area contributed by atoms with Crippen molar-refractivity contribution >= 4 is 29.8 Å². The number of allylic oxidation sites excluding steroid dienone is 1. The highest BCUT2D eigenvalue weighted by atomic mass is 16.6. The summed E-state index contributed by atoms with van der Waals surface area (Å²) >= 11 is 0. The van der Waals surface area contributed by atoms with E-state index in [0.717, 1.165) is 44.4 Å². The number of likely N-dealkylation sites (tertiary alicyclic amines) is 2. The van der Waals surface area contributed by atoms with E-state index in [4.69, 9.17) is 25.7 Å². The second-order valence-electron chi connectivity index (χ2n) is 14.1. The van der Waals surface area contributed by atoms with Crippen LogP contribution in [0.1, 0.15) is 63.0 Å². The Labute approximate surface area is 292 Å². The molecule has 0 saturated carbocycles. The zero-order chi connectivity index (χ0) is 35.6. The minimum absolute atomic E-state index is 0.0591. The summed E-state index contributed by atoms with van der Waals surface area (Å²) in [4.78, 5) is 59.2. The average Bonchev–Trinajstić information content (AvgIpc) is 3.45. The number of nitrogens with zero attached hydrogens (tertiary/aromatic N) is 3. The highest BCUT2D eigenvalue weighted by molar-refractivity contribution is 5.89. The molecule has 1 unspecified atom stereocenters. The van der Waals surface area contributed by atoms with Crippen LogP contribution in [0, 0.1) is 5.92 Å². The van der Waals surface area contributed by atoms with Gasteiger partial charge in [0.25, 0.3) is 0 Å². The maximum absolute atomic E-state index is 14.0. The van der Waals surface area contributed by atoms with Crippen molar-refractivity contribution in [3.05, 3.63) is 35.1 Å². The lowest BCUT2D eigenvalue weighted by atomic mass is 9.53. The fraction of sp³-hybridized carbons (Fsp3) is 0.629. The molecule has 6 rings (SSSR count). The van der Waals surface area contributed by atoms with Gasteiger partial charge >= 0.3 is 6.09 Å². The van der Waals surface area contributed by atoms with Crippen molar-refractivity contribution in [3.63, 3.8) is 0 Å². The Morgan fingerprint density at radius 2 is 1.98 bits per heavy atom. The maximum Gasteiger partial charge on any atom is 0.415 e. The molecule has 3 aliphatic heterocycles. The number of hydrogen-bond acceptors (Lipinski definition) is 9. The van der Waals surface area contributed by atoms with Gasteiger partial charge in [0, 0.05) is 43.6 Å². The zero-order valence-electron chi connectivity index (χ0n) is 29.2. The molecule has 4 amide bonds. The summed E-state index contributed by atoms with van der Waals surface area (Å²) in [5, 5.41) is 8.07. The lowest BCUT2D eigenvalue weighted by Gasteiger charge is -2.56. The molecule has 15 heteroatoms. The first-order chi connectivity index (χ1) is 24.0. The van der Waals surface area contributed by atoms with Crippen LogP contribution in [-0.2, 0) is 31.0 Å². The Morgan fingerprint density at radius 3 is 2.74 bits per heavy atom. The fourth-order valence-corrected chi connectivity index (χ4v) is 8.74. The quantitative estimate of drug-likeness (QED) is 0.117. The van der Waals surface area contributed by atoms with Crippen molar-refractivity contribution in [2.75, 3.05) is 46.9 Å². The van der Waals surface area contributed by atoms with Crippen LogP contribution >= 0.6 is 0 Å². The van der Waals surface area contributed by atoms with Crippen LogP contribution in [0.5, 0.6) is 11.5 Å². The Morgan fingerprint density at radius 1 is 1.16 bits per heavy atom. The van der Waals surface area contributed by atoms with Gasteiger partial charge in [0.05, 0.1) is 19.7 Å². The van der Waals surface area contributed by atoms with Crippen LogP contribution in [0.4, 0.5) is 4.79 Å². The van der Waals surface area contributed by atoms with Crippen LogP contribution in [0.15, 0.2) is 29.0 Å². The first kappa shape index (κ1) is 35.3. The van der Waals surface area contributed by atoms with Crippen LogP contribution in [-0.4, -0.2) is 111 Å². The molecule has 1 aromatic rings. The van der Waals surface area contributed by atoms with Gasteiger partial charge in [-0.2, -0.15) is 0 Å². The molecule has 50 heavy (non-hydrogen) atoms. The molecule has 0 aromatic heterocycles. The number of nitrogens with one attached hydrogen (secondary N) is 3. The van der Waals surface area contributed by atoms with Crippen LogP contribution < -0.4 is 36.9 Å². The van der Waals surface area contributed by atoms with Gasteiger partial charge in [0.1, 0.15) is 11.8 Å². The predicted molar refractivity (Wildman–Crippen MR) is 184 cm³/mol. The normalized spacial score (nSPS) is 26.7. The number of guanidine groups is 1. The Balaban J connectivity index is 1.14.